The highest BCUT2D eigenvalue weighted by Gasteiger charge is 2.30. The van der Waals surface area contributed by atoms with Crippen molar-refractivity contribution < 1.29 is 9.53 Å². The Morgan fingerprint density at radius 3 is 2.86 bits per heavy atom. The molecule has 1 fully saturated rings. The van der Waals surface area contributed by atoms with Crippen LogP contribution in [0.1, 0.15) is 35.4 Å². The third-order valence-electron chi connectivity index (χ3n) is 3.82. The fourth-order valence-corrected chi connectivity index (χ4v) is 2.66. The van der Waals surface area contributed by atoms with Gasteiger partial charge in [0, 0.05) is 16.5 Å². The number of nitrogens with one attached hydrogen (secondary N) is 1. The van der Waals surface area contributed by atoms with E-state index < -0.39 is 5.97 Å². The lowest BCUT2D eigenvalue weighted by Crippen LogP contribution is -2.20. The van der Waals surface area contributed by atoms with E-state index in [0.29, 0.717) is 22.6 Å². The molecule has 0 saturated heterocycles. The minimum Gasteiger partial charge on any atom is -0.469 e. The summed E-state index contributed by atoms with van der Waals surface area (Å²) in [6.45, 7) is 0. The summed E-state index contributed by atoms with van der Waals surface area (Å²) in [5, 5.41) is 9.91. The van der Waals surface area contributed by atoms with Crippen LogP contribution in [0.25, 0.3) is 10.9 Å². The van der Waals surface area contributed by atoms with E-state index in [0.717, 1.165) is 23.8 Å². The maximum absolute atomic E-state index is 12.3. The number of hydrogen-bond acceptors (Lipinski definition) is 4. The molecule has 1 aliphatic rings. The van der Waals surface area contributed by atoms with Crippen LogP contribution >= 0.6 is 0 Å². The molecule has 2 aromatic rings. The average Bonchev–Trinajstić information content (AvgIpc) is 3.32. The molecular formula is C16H14N2O3. The van der Waals surface area contributed by atoms with Gasteiger partial charge in [-0.15, -0.1) is 0 Å². The largest absolute Gasteiger partial charge is 0.469 e. The van der Waals surface area contributed by atoms with Gasteiger partial charge in [-0.1, -0.05) is 0 Å². The predicted molar refractivity (Wildman–Crippen MR) is 77.0 cm³/mol. The third kappa shape index (κ3) is 2.40. The first-order valence-electron chi connectivity index (χ1n) is 6.79. The van der Waals surface area contributed by atoms with Crippen molar-refractivity contribution in [2.24, 2.45) is 0 Å². The molecule has 1 N–H and O–H groups in total. The summed E-state index contributed by atoms with van der Waals surface area (Å²) in [5.41, 5.74) is 2.36. The van der Waals surface area contributed by atoms with Crippen LogP contribution in [0.4, 0.5) is 0 Å². The first-order chi connectivity index (χ1) is 10.1. The molecule has 0 spiro atoms. The number of hydrogen-bond donors (Lipinski definition) is 1. The number of aromatic nitrogens is 1. The van der Waals surface area contributed by atoms with Crippen LogP contribution in [0.3, 0.4) is 0 Å². The zero-order valence-corrected chi connectivity index (χ0v) is 11.6. The molecule has 106 valence electrons. The van der Waals surface area contributed by atoms with Gasteiger partial charge >= 0.3 is 5.97 Å². The lowest BCUT2D eigenvalue weighted by atomic mass is 9.96. The molecule has 1 aromatic carbocycles. The Morgan fingerprint density at radius 1 is 1.48 bits per heavy atom. The molecule has 1 aliphatic carbocycles. The Kier molecular flexibility index (Phi) is 3.22. The van der Waals surface area contributed by atoms with Crippen molar-refractivity contribution in [2.75, 3.05) is 7.11 Å². The summed E-state index contributed by atoms with van der Waals surface area (Å²) < 4.78 is 4.68. The molecule has 0 radical (unpaired) electrons. The van der Waals surface area contributed by atoms with E-state index in [1.54, 1.807) is 18.2 Å². The number of nitriles is 1. The molecular weight excluding hydrogens is 268 g/mol. The fourth-order valence-electron chi connectivity index (χ4n) is 2.66. The number of ether oxygens (including phenoxy) is 1. The standard InChI is InChI=1S/C16H14N2O3/c1-21-14(19)7-12-15(10-3-4-10)11-6-9(8-17)2-5-13(11)18-16(12)20/h2,5-6,10H,3-4,7H2,1H3,(H,18,20). The second kappa shape index (κ2) is 5.06. The van der Waals surface area contributed by atoms with Gasteiger partial charge in [0.2, 0.25) is 0 Å². The number of methoxy groups -OCH3 is 1. The molecule has 5 nitrogen and oxygen atoms in total. The number of esters is 1. The monoisotopic (exact) mass is 282 g/mol. The quantitative estimate of drug-likeness (QED) is 0.873. The van der Waals surface area contributed by atoms with E-state index in [9.17, 15) is 9.59 Å². The number of H-pyrrole nitrogens is 1. The normalized spacial score (nSPS) is 13.9. The van der Waals surface area contributed by atoms with Crippen molar-refractivity contribution in [1.29, 1.82) is 5.26 Å². The minimum absolute atomic E-state index is 0.0373. The van der Waals surface area contributed by atoms with Gasteiger partial charge in [-0.25, -0.2) is 0 Å². The summed E-state index contributed by atoms with van der Waals surface area (Å²) >= 11 is 0. The third-order valence-corrected chi connectivity index (χ3v) is 3.82. The average molecular weight is 282 g/mol. The molecule has 0 unspecified atom stereocenters. The summed E-state index contributed by atoms with van der Waals surface area (Å²) in [4.78, 5) is 26.6. The van der Waals surface area contributed by atoms with Crippen molar-refractivity contribution in [1.82, 2.24) is 4.98 Å². The van der Waals surface area contributed by atoms with E-state index in [-0.39, 0.29) is 12.0 Å². The SMILES string of the molecule is COC(=O)Cc1c(C2CC2)c2cc(C#N)ccc2[nH]c1=O. The second-order valence-corrected chi connectivity index (χ2v) is 5.25. The number of aromatic amines is 1. The summed E-state index contributed by atoms with van der Waals surface area (Å²) in [5.74, 6) is -0.137. The predicted octanol–water partition coefficient (Wildman–Crippen LogP) is 1.99. The number of fused-ring (bicyclic) bond motifs is 1. The lowest BCUT2D eigenvalue weighted by molar-refractivity contribution is -0.139. The minimum atomic E-state index is -0.432. The topological polar surface area (TPSA) is 82.9 Å². The Labute approximate surface area is 121 Å². The van der Waals surface area contributed by atoms with Crippen LogP contribution in [0.5, 0.6) is 0 Å². The molecule has 21 heavy (non-hydrogen) atoms. The van der Waals surface area contributed by atoms with Crippen LogP contribution in [0.15, 0.2) is 23.0 Å². The fraction of sp³-hybridized carbons (Fsp3) is 0.312. The highest BCUT2D eigenvalue weighted by molar-refractivity contribution is 5.87. The van der Waals surface area contributed by atoms with E-state index in [4.69, 9.17) is 5.26 Å². The smallest absolute Gasteiger partial charge is 0.310 e. The van der Waals surface area contributed by atoms with Crippen molar-refractivity contribution in [2.45, 2.75) is 25.2 Å². The van der Waals surface area contributed by atoms with Crippen LogP contribution in [-0.4, -0.2) is 18.1 Å². The van der Waals surface area contributed by atoms with Crippen molar-refractivity contribution in [3.63, 3.8) is 0 Å². The Bertz CT molecular complexity index is 826. The number of carbonyl (C=O) groups is 1. The summed E-state index contributed by atoms with van der Waals surface area (Å²) in [7, 11) is 1.31. The Hall–Kier alpha value is -2.61. The van der Waals surface area contributed by atoms with Gasteiger partial charge < -0.3 is 9.72 Å². The summed E-state index contributed by atoms with van der Waals surface area (Å²) in [6.07, 6.45) is 1.97. The zero-order valence-electron chi connectivity index (χ0n) is 11.6. The highest BCUT2D eigenvalue weighted by atomic mass is 16.5. The molecule has 5 heteroatoms. The number of nitrogens with zero attached hydrogens (tertiary/aromatic N) is 1. The first kappa shape index (κ1) is 13.4. The maximum atomic E-state index is 12.3. The molecule has 0 amide bonds. The Morgan fingerprint density at radius 2 is 2.24 bits per heavy atom. The van der Waals surface area contributed by atoms with Gasteiger partial charge in [-0.3, -0.25) is 9.59 Å². The molecule has 0 bridgehead atoms. The number of carbonyl (C=O) groups excluding carboxylic acids is 1. The molecule has 1 saturated carbocycles. The van der Waals surface area contributed by atoms with Gasteiger partial charge in [0.1, 0.15) is 0 Å². The van der Waals surface area contributed by atoms with Gasteiger partial charge in [0.05, 0.1) is 25.2 Å². The summed E-state index contributed by atoms with van der Waals surface area (Å²) in [6, 6.07) is 7.30. The first-order valence-corrected chi connectivity index (χ1v) is 6.79. The molecule has 1 heterocycles. The molecule has 3 rings (SSSR count). The molecule has 0 atom stereocenters. The van der Waals surface area contributed by atoms with Crippen LogP contribution in [0.2, 0.25) is 0 Å². The van der Waals surface area contributed by atoms with Crippen LogP contribution < -0.4 is 5.56 Å². The van der Waals surface area contributed by atoms with E-state index >= 15 is 0 Å². The van der Waals surface area contributed by atoms with Crippen molar-refractivity contribution >= 4 is 16.9 Å². The van der Waals surface area contributed by atoms with Gasteiger partial charge in [-0.05, 0) is 42.5 Å². The van der Waals surface area contributed by atoms with Gasteiger partial charge in [0.25, 0.3) is 5.56 Å². The number of benzene rings is 1. The zero-order chi connectivity index (χ0) is 15.0. The number of pyridine rings is 1. The van der Waals surface area contributed by atoms with Crippen molar-refractivity contribution in [3.8, 4) is 6.07 Å². The van der Waals surface area contributed by atoms with E-state index in [2.05, 4.69) is 15.8 Å². The lowest BCUT2D eigenvalue weighted by Gasteiger charge is -2.11. The van der Waals surface area contributed by atoms with Crippen LogP contribution in [-0.2, 0) is 16.0 Å². The molecule has 1 aromatic heterocycles. The van der Waals surface area contributed by atoms with Crippen LogP contribution in [0, 0.1) is 11.3 Å². The Balaban J connectivity index is 2.28. The van der Waals surface area contributed by atoms with Gasteiger partial charge in [-0.2, -0.15) is 5.26 Å². The van der Waals surface area contributed by atoms with Crippen molar-refractivity contribution in [3.05, 3.63) is 45.2 Å². The van der Waals surface area contributed by atoms with E-state index in [1.165, 1.54) is 7.11 Å². The maximum Gasteiger partial charge on any atom is 0.310 e. The number of rotatable bonds is 3. The van der Waals surface area contributed by atoms with E-state index in [1.807, 2.05) is 0 Å². The molecule has 0 aliphatic heterocycles. The highest BCUT2D eigenvalue weighted by Crippen LogP contribution is 2.44. The second-order valence-electron chi connectivity index (χ2n) is 5.25. The van der Waals surface area contributed by atoms with Gasteiger partial charge in [0.15, 0.2) is 0 Å².